The Kier molecular flexibility index (Phi) is 4.89. The van der Waals surface area contributed by atoms with Crippen molar-refractivity contribution < 1.29 is 13.2 Å². The lowest BCUT2D eigenvalue weighted by Crippen LogP contribution is -2.28. The summed E-state index contributed by atoms with van der Waals surface area (Å²) in [5.74, 6) is -0.401. The van der Waals surface area contributed by atoms with Crippen LogP contribution in [-0.2, 0) is 10.0 Å². The van der Waals surface area contributed by atoms with Crippen LogP contribution in [0.3, 0.4) is 0 Å². The topological polar surface area (TPSA) is 66.5 Å². The van der Waals surface area contributed by atoms with Gasteiger partial charge in [-0.05, 0) is 43.2 Å². The molecule has 1 saturated heterocycles. The molecule has 1 aliphatic heterocycles. The first kappa shape index (κ1) is 17.0. The van der Waals surface area contributed by atoms with Crippen molar-refractivity contribution >= 4 is 33.2 Å². The zero-order valence-electron chi connectivity index (χ0n) is 12.9. The van der Waals surface area contributed by atoms with Crippen molar-refractivity contribution in [3.63, 3.8) is 0 Å². The van der Waals surface area contributed by atoms with Crippen LogP contribution in [-0.4, -0.2) is 31.7 Å². The number of para-hydroxylation sites is 1. The Labute approximate surface area is 146 Å². The second-order valence-corrected chi connectivity index (χ2v) is 7.92. The van der Waals surface area contributed by atoms with Crippen molar-refractivity contribution in [3.8, 4) is 0 Å². The molecule has 0 aliphatic carbocycles. The molecule has 24 heavy (non-hydrogen) atoms. The van der Waals surface area contributed by atoms with E-state index in [2.05, 4.69) is 5.32 Å². The van der Waals surface area contributed by atoms with Gasteiger partial charge in [-0.25, -0.2) is 8.42 Å². The molecule has 1 N–H and O–H groups in total. The smallest absolute Gasteiger partial charge is 0.255 e. The summed E-state index contributed by atoms with van der Waals surface area (Å²) >= 11 is 6.03. The number of rotatable bonds is 4. The maximum atomic E-state index is 12.6. The third kappa shape index (κ3) is 3.45. The molecule has 0 aromatic heterocycles. The van der Waals surface area contributed by atoms with E-state index in [1.807, 2.05) is 0 Å². The molecule has 5 nitrogen and oxygen atoms in total. The maximum absolute atomic E-state index is 12.6. The molecule has 0 radical (unpaired) electrons. The Bertz CT molecular complexity index is 862. The number of anilines is 1. The highest BCUT2D eigenvalue weighted by atomic mass is 35.5. The second kappa shape index (κ2) is 6.93. The van der Waals surface area contributed by atoms with Crippen molar-refractivity contribution in [2.24, 2.45) is 0 Å². The van der Waals surface area contributed by atoms with Gasteiger partial charge in [-0.2, -0.15) is 4.31 Å². The van der Waals surface area contributed by atoms with Gasteiger partial charge in [0.15, 0.2) is 0 Å². The number of halogens is 1. The molecule has 0 atom stereocenters. The molecule has 2 aromatic rings. The molecule has 0 unspecified atom stereocenters. The molecule has 7 heteroatoms. The summed E-state index contributed by atoms with van der Waals surface area (Å²) in [6.07, 6.45) is 1.73. The summed E-state index contributed by atoms with van der Waals surface area (Å²) < 4.78 is 26.6. The standard InChI is InChI=1S/C17H17ClN2O3S/c18-15-8-1-2-9-16(15)19-17(21)13-6-5-7-14(12-13)24(22,23)20-10-3-4-11-20/h1-2,5-9,12H,3-4,10-11H2,(H,19,21). The summed E-state index contributed by atoms with van der Waals surface area (Å²) in [5, 5.41) is 3.12. The molecular formula is C17H17ClN2O3S. The number of nitrogens with zero attached hydrogens (tertiary/aromatic N) is 1. The highest BCUT2D eigenvalue weighted by molar-refractivity contribution is 7.89. The zero-order chi connectivity index (χ0) is 17.2. The van der Waals surface area contributed by atoms with Crippen LogP contribution < -0.4 is 5.32 Å². The third-order valence-corrected chi connectivity index (χ3v) is 6.15. The minimum atomic E-state index is -3.55. The second-order valence-electron chi connectivity index (χ2n) is 5.57. The van der Waals surface area contributed by atoms with Gasteiger partial charge in [0.2, 0.25) is 10.0 Å². The molecule has 0 saturated carbocycles. The van der Waals surface area contributed by atoms with E-state index in [0.29, 0.717) is 23.8 Å². The van der Waals surface area contributed by atoms with E-state index in [9.17, 15) is 13.2 Å². The normalized spacial score (nSPS) is 15.4. The third-order valence-electron chi connectivity index (χ3n) is 3.92. The van der Waals surface area contributed by atoms with Crippen LogP contribution in [0, 0.1) is 0 Å². The molecule has 0 spiro atoms. The lowest BCUT2D eigenvalue weighted by molar-refractivity contribution is 0.102. The lowest BCUT2D eigenvalue weighted by Gasteiger charge is -2.16. The lowest BCUT2D eigenvalue weighted by atomic mass is 10.2. The number of benzene rings is 2. The predicted molar refractivity (Wildman–Crippen MR) is 93.8 cm³/mol. The van der Waals surface area contributed by atoms with Gasteiger partial charge >= 0.3 is 0 Å². The molecule has 1 fully saturated rings. The van der Waals surface area contributed by atoms with E-state index in [0.717, 1.165) is 12.8 Å². The average Bonchev–Trinajstić information content (AvgIpc) is 3.12. The van der Waals surface area contributed by atoms with Crippen LogP contribution in [0.2, 0.25) is 5.02 Å². The molecule has 1 heterocycles. The van der Waals surface area contributed by atoms with E-state index in [4.69, 9.17) is 11.6 Å². The molecule has 1 aliphatic rings. The number of hydrogen-bond acceptors (Lipinski definition) is 3. The Morgan fingerprint density at radius 1 is 1.04 bits per heavy atom. The van der Waals surface area contributed by atoms with Crippen molar-refractivity contribution in [2.75, 3.05) is 18.4 Å². The average molecular weight is 365 g/mol. The van der Waals surface area contributed by atoms with Gasteiger partial charge < -0.3 is 5.32 Å². The van der Waals surface area contributed by atoms with Gasteiger partial charge in [0.25, 0.3) is 5.91 Å². The summed E-state index contributed by atoms with van der Waals surface area (Å²) in [6.45, 7) is 1.05. The number of amides is 1. The molecule has 3 rings (SSSR count). The molecule has 2 aromatic carbocycles. The predicted octanol–water partition coefficient (Wildman–Crippen LogP) is 3.38. The van der Waals surface area contributed by atoms with E-state index in [1.165, 1.54) is 16.4 Å². The largest absolute Gasteiger partial charge is 0.321 e. The van der Waals surface area contributed by atoms with Gasteiger partial charge in [0, 0.05) is 18.7 Å². The van der Waals surface area contributed by atoms with Crippen molar-refractivity contribution in [1.82, 2.24) is 4.31 Å². The van der Waals surface area contributed by atoms with E-state index < -0.39 is 15.9 Å². The van der Waals surface area contributed by atoms with Gasteiger partial charge in [-0.1, -0.05) is 29.8 Å². The Morgan fingerprint density at radius 3 is 2.46 bits per heavy atom. The van der Waals surface area contributed by atoms with Crippen molar-refractivity contribution in [3.05, 3.63) is 59.1 Å². The van der Waals surface area contributed by atoms with E-state index in [-0.39, 0.29) is 10.5 Å². The zero-order valence-corrected chi connectivity index (χ0v) is 14.5. The highest BCUT2D eigenvalue weighted by Crippen LogP contribution is 2.23. The number of hydrogen-bond donors (Lipinski definition) is 1. The van der Waals surface area contributed by atoms with E-state index >= 15 is 0 Å². The fourth-order valence-electron chi connectivity index (χ4n) is 2.63. The first-order chi connectivity index (χ1) is 11.5. The van der Waals surface area contributed by atoms with Gasteiger partial charge in [-0.15, -0.1) is 0 Å². The first-order valence-corrected chi connectivity index (χ1v) is 9.46. The van der Waals surface area contributed by atoms with Crippen LogP contribution >= 0.6 is 11.6 Å². The fourth-order valence-corrected chi connectivity index (χ4v) is 4.38. The monoisotopic (exact) mass is 364 g/mol. The van der Waals surface area contributed by atoms with Gasteiger partial charge in [0.1, 0.15) is 0 Å². The quantitative estimate of drug-likeness (QED) is 0.904. The van der Waals surface area contributed by atoms with Crippen LogP contribution in [0.5, 0.6) is 0 Å². The SMILES string of the molecule is O=C(Nc1ccccc1Cl)c1cccc(S(=O)(=O)N2CCCC2)c1. The van der Waals surface area contributed by atoms with Crippen LogP contribution in [0.4, 0.5) is 5.69 Å². The Balaban J connectivity index is 1.85. The number of sulfonamides is 1. The van der Waals surface area contributed by atoms with Crippen molar-refractivity contribution in [1.29, 1.82) is 0 Å². The minimum Gasteiger partial charge on any atom is -0.321 e. The van der Waals surface area contributed by atoms with Crippen molar-refractivity contribution in [2.45, 2.75) is 17.7 Å². The van der Waals surface area contributed by atoms with Crippen LogP contribution in [0.15, 0.2) is 53.4 Å². The first-order valence-electron chi connectivity index (χ1n) is 7.64. The molecule has 0 bridgehead atoms. The van der Waals surface area contributed by atoms with Crippen LogP contribution in [0.25, 0.3) is 0 Å². The maximum Gasteiger partial charge on any atom is 0.255 e. The van der Waals surface area contributed by atoms with Crippen LogP contribution in [0.1, 0.15) is 23.2 Å². The summed E-state index contributed by atoms with van der Waals surface area (Å²) in [5.41, 5.74) is 0.757. The Hall–Kier alpha value is -1.89. The summed E-state index contributed by atoms with van der Waals surface area (Å²) in [4.78, 5) is 12.5. The van der Waals surface area contributed by atoms with Gasteiger partial charge in [-0.3, -0.25) is 4.79 Å². The van der Waals surface area contributed by atoms with Gasteiger partial charge in [0.05, 0.1) is 15.6 Å². The number of carbonyl (C=O) groups excluding carboxylic acids is 1. The fraction of sp³-hybridized carbons (Fsp3) is 0.235. The molecular weight excluding hydrogens is 348 g/mol. The summed E-state index contributed by atoms with van der Waals surface area (Å²) in [7, 11) is -3.55. The number of nitrogens with one attached hydrogen (secondary N) is 1. The Morgan fingerprint density at radius 2 is 1.75 bits per heavy atom. The molecule has 126 valence electrons. The summed E-state index contributed by atoms with van der Waals surface area (Å²) in [6, 6.07) is 13.0. The minimum absolute atomic E-state index is 0.135. The highest BCUT2D eigenvalue weighted by Gasteiger charge is 2.27. The number of carbonyl (C=O) groups is 1. The molecule has 1 amide bonds. The van der Waals surface area contributed by atoms with E-state index in [1.54, 1.807) is 36.4 Å².